The van der Waals surface area contributed by atoms with Crippen molar-refractivity contribution in [3.63, 3.8) is 0 Å². The van der Waals surface area contributed by atoms with Gasteiger partial charge in [-0.15, -0.1) is 0 Å². The number of esters is 1. The van der Waals surface area contributed by atoms with Crippen LogP contribution in [0.3, 0.4) is 0 Å². The summed E-state index contributed by atoms with van der Waals surface area (Å²) in [6, 6.07) is 0. The first-order valence-electron chi connectivity index (χ1n) is 9.43. The Labute approximate surface area is 173 Å². The molecule has 0 aromatic heterocycles. The number of carbonyl (C=O) groups excluding carboxylic acids is 5. The smallest absolute Gasteiger partial charge is 0.316 e. The highest BCUT2D eigenvalue weighted by molar-refractivity contribution is 6.02. The van der Waals surface area contributed by atoms with E-state index in [2.05, 4.69) is 6.58 Å². The lowest BCUT2D eigenvalue weighted by molar-refractivity contribution is -0.217. The number of hydrogen-bond donors (Lipinski definition) is 0. The maximum atomic E-state index is 10.9. The van der Waals surface area contributed by atoms with Crippen molar-refractivity contribution in [2.24, 2.45) is 5.41 Å². The molecule has 0 N–H and O–H groups in total. The van der Waals surface area contributed by atoms with Crippen LogP contribution in [0, 0.1) is 5.41 Å². The molecule has 3 rings (SSSR count). The van der Waals surface area contributed by atoms with E-state index in [0.717, 1.165) is 6.42 Å². The Morgan fingerprint density at radius 1 is 0.724 bits per heavy atom. The fourth-order valence-electron chi connectivity index (χ4n) is 3.23. The lowest BCUT2D eigenvalue weighted by Crippen LogP contribution is -2.35. The molecule has 3 fully saturated rings. The van der Waals surface area contributed by atoms with Crippen LogP contribution in [0.15, 0.2) is 12.3 Å². The van der Waals surface area contributed by atoms with Crippen LogP contribution in [0.5, 0.6) is 0 Å². The molecular formula is C22H34O7. The quantitative estimate of drug-likeness (QED) is 0.441. The zero-order chi connectivity index (χ0) is 21.5. The summed E-state index contributed by atoms with van der Waals surface area (Å²) in [5.74, 6) is -0.209. The van der Waals surface area contributed by atoms with Crippen LogP contribution >= 0.6 is 0 Å². The summed E-state index contributed by atoms with van der Waals surface area (Å²) >= 11 is 0. The molecule has 0 amide bonds. The van der Waals surface area contributed by atoms with Crippen molar-refractivity contribution in [3.05, 3.63) is 12.3 Å². The Morgan fingerprint density at radius 3 is 1.48 bits per heavy atom. The van der Waals surface area contributed by atoms with E-state index in [-0.39, 0.29) is 61.2 Å². The lowest BCUT2D eigenvalue weighted by Gasteiger charge is -2.31. The maximum Gasteiger partial charge on any atom is 0.316 e. The average Bonchev–Trinajstić information content (AvgIpc) is 2.42. The average molecular weight is 411 g/mol. The molecule has 0 unspecified atom stereocenters. The van der Waals surface area contributed by atoms with E-state index in [0.29, 0.717) is 31.4 Å². The molecule has 0 bridgehead atoms. The molecule has 0 aromatic carbocycles. The molecule has 1 aliphatic heterocycles. The first-order valence-corrected chi connectivity index (χ1v) is 9.43. The van der Waals surface area contributed by atoms with Crippen molar-refractivity contribution in [1.82, 2.24) is 0 Å². The summed E-state index contributed by atoms with van der Waals surface area (Å²) in [4.78, 5) is 53.4. The number of rotatable bonds is 0. The van der Waals surface area contributed by atoms with Crippen LogP contribution in [0.2, 0.25) is 0 Å². The molecule has 7 nitrogen and oxygen atoms in total. The van der Waals surface area contributed by atoms with Gasteiger partial charge in [-0.05, 0) is 11.8 Å². The van der Waals surface area contributed by atoms with Gasteiger partial charge < -0.3 is 9.47 Å². The van der Waals surface area contributed by atoms with Gasteiger partial charge in [0.2, 0.25) is 5.79 Å². The number of Topliss-reactive ketones (excluding diaryl/α,β-unsaturated/α-hetero) is 4. The van der Waals surface area contributed by atoms with Crippen molar-refractivity contribution in [2.45, 2.75) is 92.3 Å². The SMILES string of the molecule is C.C=C1CC(=O)OC(C)(C)O1.CC1(C)CC(=O)CC(=O)C1.O=C1CCCC(=O)C1. The molecular weight excluding hydrogens is 376 g/mol. The normalized spacial score (nSPS) is 22.6. The van der Waals surface area contributed by atoms with E-state index in [4.69, 9.17) is 9.47 Å². The largest absolute Gasteiger partial charge is 0.457 e. The minimum Gasteiger partial charge on any atom is -0.457 e. The summed E-state index contributed by atoms with van der Waals surface area (Å²) in [7, 11) is 0. The van der Waals surface area contributed by atoms with Gasteiger partial charge in [0.15, 0.2) is 0 Å². The molecule has 164 valence electrons. The van der Waals surface area contributed by atoms with Gasteiger partial charge >= 0.3 is 5.97 Å². The second-order valence-electron chi connectivity index (χ2n) is 8.57. The van der Waals surface area contributed by atoms with Crippen LogP contribution in [0.1, 0.15) is 86.5 Å². The topological polar surface area (TPSA) is 104 Å². The molecule has 2 saturated carbocycles. The van der Waals surface area contributed by atoms with Crippen LogP contribution in [-0.4, -0.2) is 34.9 Å². The molecule has 0 aromatic rings. The second kappa shape index (κ2) is 11.0. The first-order chi connectivity index (χ1) is 12.8. The van der Waals surface area contributed by atoms with E-state index >= 15 is 0 Å². The van der Waals surface area contributed by atoms with Crippen molar-refractivity contribution in [3.8, 4) is 0 Å². The molecule has 0 atom stereocenters. The van der Waals surface area contributed by atoms with Gasteiger partial charge in [0.25, 0.3) is 0 Å². The van der Waals surface area contributed by atoms with Crippen LogP contribution in [0.4, 0.5) is 0 Å². The molecule has 0 radical (unpaired) electrons. The maximum absolute atomic E-state index is 10.9. The van der Waals surface area contributed by atoms with Crippen molar-refractivity contribution < 1.29 is 33.4 Å². The molecule has 2 aliphatic carbocycles. The lowest BCUT2D eigenvalue weighted by atomic mass is 9.76. The van der Waals surface area contributed by atoms with Crippen LogP contribution < -0.4 is 0 Å². The Hall–Kier alpha value is -2.31. The molecule has 0 spiro atoms. The summed E-state index contributed by atoms with van der Waals surface area (Å²) < 4.78 is 9.93. The third-order valence-electron chi connectivity index (χ3n) is 4.14. The summed E-state index contributed by atoms with van der Waals surface area (Å²) in [6.45, 7) is 10.8. The highest BCUT2D eigenvalue weighted by Crippen LogP contribution is 2.30. The predicted molar refractivity (Wildman–Crippen MR) is 108 cm³/mol. The first kappa shape index (κ1) is 26.7. The zero-order valence-electron chi connectivity index (χ0n) is 17.2. The Morgan fingerprint density at radius 2 is 1.17 bits per heavy atom. The monoisotopic (exact) mass is 410 g/mol. The van der Waals surface area contributed by atoms with Gasteiger partial charge in [0.1, 0.15) is 35.3 Å². The number of carbonyl (C=O) groups is 5. The van der Waals surface area contributed by atoms with Crippen LogP contribution in [-0.2, 0) is 33.4 Å². The summed E-state index contributed by atoms with van der Waals surface area (Å²) in [5.41, 5.74) is -0.0770. The minimum absolute atomic E-state index is 0. The minimum atomic E-state index is -0.827. The standard InChI is InChI=1S/C8H12O2.C7H10O3.C6H8O2.CH4/c1-8(2)4-6(9)3-7(10)5-8;1-5-4-6(8)10-7(2,3)9-5;7-5-2-1-3-6(8)4-5;/h3-5H2,1-2H3;1,4H2,2-3H3;1-4H2;1H4. The summed E-state index contributed by atoms with van der Waals surface area (Å²) in [6.07, 6.45) is 3.68. The molecule has 1 heterocycles. The zero-order valence-corrected chi connectivity index (χ0v) is 17.2. The van der Waals surface area contributed by atoms with E-state index in [1.165, 1.54) is 0 Å². The highest BCUT2D eigenvalue weighted by atomic mass is 16.7. The molecule has 1 saturated heterocycles. The number of ketones is 4. The molecule has 3 aliphatic rings. The van der Waals surface area contributed by atoms with Crippen molar-refractivity contribution in [2.75, 3.05) is 0 Å². The third-order valence-corrected chi connectivity index (χ3v) is 4.14. The number of cyclic esters (lactones) is 1. The van der Waals surface area contributed by atoms with Gasteiger partial charge in [0, 0.05) is 39.5 Å². The number of hydrogen-bond acceptors (Lipinski definition) is 7. The van der Waals surface area contributed by atoms with Gasteiger partial charge in [0.05, 0.1) is 12.8 Å². The van der Waals surface area contributed by atoms with Gasteiger partial charge in [-0.3, -0.25) is 24.0 Å². The fourth-order valence-corrected chi connectivity index (χ4v) is 3.23. The third kappa shape index (κ3) is 11.3. The van der Waals surface area contributed by atoms with Crippen molar-refractivity contribution in [1.29, 1.82) is 0 Å². The van der Waals surface area contributed by atoms with Crippen LogP contribution in [0.25, 0.3) is 0 Å². The second-order valence-corrected chi connectivity index (χ2v) is 8.57. The molecule has 29 heavy (non-hydrogen) atoms. The van der Waals surface area contributed by atoms with Gasteiger partial charge in [-0.25, -0.2) is 0 Å². The van der Waals surface area contributed by atoms with E-state index < -0.39 is 5.79 Å². The Bertz CT molecular complexity index is 579. The van der Waals surface area contributed by atoms with Gasteiger partial charge in [-0.1, -0.05) is 27.9 Å². The Balaban J connectivity index is 0.000000401. The van der Waals surface area contributed by atoms with Gasteiger partial charge in [-0.2, -0.15) is 0 Å². The fraction of sp³-hybridized carbons (Fsp3) is 0.682. The predicted octanol–water partition coefficient (Wildman–Crippen LogP) is 3.87. The Kier molecular flexibility index (Phi) is 10.1. The van der Waals surface area contributed by atoms with E-state index in [1.807, 2.05) is 13.8 Å². The molecule has 7 heteroatoms. The van der Waals surface area contributed by atoms with E-state index in [1.54, 1.807) is 13.8 Å². The summed E-state index contributed by atoms with van der Waals surface area (Å²) in [5, 5.41) is 0. The van der Waals surface area contributed by atoms with E-state index in [9.17, 15) is 24.0 Å². The highest BCUT2D eigenvalue weighted by Gasteiger charge is 2.31. The number of ether oxygens (including phenoxy) is 2. The van der Waals surface area contributed by atoms with Crippen molar-refractivity contribution >= 4 is 29.1 Å².